The van der Waals surface area contributed by atoms with Gasteiger partial charge in [0, 0.05) is 29.4 Å². The van der Waals surface area contributed by atoms with Gasteiger partial charge < -0.3 is 15.8 Å². The molecule has 2 aromatic rings. The molecule has 1 aromatic heterocycles. The van der Waals surface area contributed by atoms with Gasteiger partial charge in [-0.15, -0.1) is 11.3 Å². The summed E-state index contributed by atoms with van der Waals surface area (Å²) in [6.07, 6.45) is 2.97. The number of carbonyl (C=O) groups excluding carboxylic acids is 1. The molecule has 1 aliphatic rings. The number of benzene rings is 1. The second-order valence-corrected chi connectivity index (χ2v) is 5.86. The zero-order valence-corrected chi connectivity index (χ0v) is 12.3. The third-order valence-electron chi connectivity index (χ3n) is 3.49. The van der Waals surface area contributed by atoms with E-state index in [1.54, 1.807) is 17.5 Å². The van der Waals surface area contributed by atoms with Crippen molar-refractivity contribution in [3.63, 3.8) is 0 Å². The summed E-state index contributed by atoms with van der Waals surface area (Å²) >= 11 is 1.59. The van der Waals surface area contributed by atoms with Crippen molar-refractivity contribution in [2.24, 2.45) is 5.73 Å². The number of nitrogens with two attached hydrogens (primary N) is 1. The predicted octanol–water partition coefficient (Wildman–Crippen LogP) is 2.25. The van der Waals surface area contributed by atoms with Gasteiger partial charge in [-0.3, -0.25) is 4.79 Å². The molecule has 3 rings (SSSR count). The first kappa shape index (κ1) is 14.2. The molecule has 1 amide bonds. The van der Waals surface area contributed by atoms with Crippen LogP contribution in [0.5, 0.6) is 0 Å². The maximum atomic E-state index is 12.1. The molecule has 6 heteroatoms. The Morgan fingerprint density at radius 1 is 1.38 bits per heavy atom. The number of hydrogen-bond acceptors (Lipinski definition) is 5. The Morgan fingerprint density at radius 2 is 2.19 bits per heavy atom. The monoisotopic (exact) mass is 303 g/mol. The second-order valence-electron chi connectivity index (χ2n) is 4.96. The second kappa shape index (κ2) is 6.34. The largest absolute Gasteiger partial charge is 0.364 e. The molecule has 1 aliphatic heterocycles. The summed E-state index contributed by atoms with van der Waals surface area (Å²) in [5.74, 6) is -0.104. The maximum Gasteiger partial charge on any atom is 0.253 e. The highest BCUT2D eigenvalue weighted by molar-refractivity contribution is 7.13. The van der Waals surface area contributed by atoms with Gasteiger partial charge in [0.2, 0.25) is 0 Å². The van der Waals surface area contributed by atoms with Crippen LogP contribution in [0, 0.1) is 0 Å². The molecule has 1 fully saturated rings. The molecule has 2 atom stereocenters. The quantitative estimate of drug-likeness (QED) is 0.908. The van der Waals surface area contributed by atoms with E-state index >= 15 is 0 Å². The topological polar surface area (TPSA) is 77.2 Å². The van der Waals surface area contributed by atoms with Crippen LogP contribution in [-0.2, 0) is 9.53 Å². The van der Waals surface area contributed by atoms with Gasteiger partial charge in [0.15, 0.2) is 0 Å². The summed E-state index contributed by atoms with van der Waals surface area (Å²) in [5, 5.41) is 5.79. The van der Waals surface area contributed by atoms with Gasteiger partial charge >= 0.3 is 0 Å². The summed E-state index contributed by atoms with van der Waals surface area (Å²) in [5.41, 5.74) is 7.36. The van der Waals surface area contributed by atoms with E-state index in [2.05, 4.69) is 10.3 Å². The van der Waals surface area contributed by atoms with Crippen molar-refractivity contribution in [3.8, 4) is 10.6 Å². The first-order valence-corrected chi connectivity index (χ1v) is 7.80. The Morgan fingerprint density at radius 3 is 2.81 bits per heavy atom. The van der Waals surface area contributed by atoms with Gasteiger partial charge in [-0.25, -0.2) is 4.98 Å². The lowest BCUT2D eigenvalue weighted by molar-refractivity contribution is -0.126. The lowest BCUT2D eigenvalue weighted by Crippen LogP contribution is -2.29. The van der Waals surface area contributed by atoms with Crippen LogP contribution >= 0.6 is 11.3 Å². The number of anilines is 1. The zero-order chi connectivity index (χ0) is 14.7. The Hall–Kier alpha value is -1.76. The molecule has 1 saturated heterocycles. The summed E-state index contributed by atoms with van der Waals surface area (Å²) in [4.78, 5) is 16.4. The molecule has 0 aliphatic carbocycles. The van der Waals surface area contributed by atoms with Crippen molar-refractivity contribution in [3.05, 3.63) is 35.8 Å². The molecule has 0 unspecified atom stereocenters. The van der Waals surface area contributed by atoms with Crippen LogP contribution in [0.4, 0.5) is 5.69 Å². The van der Waals surface area contributed by atoms with Gasteiger partial charge in [-0.2, -0.15) is 0 Å². The van der Waals surface area contributed by atoms with Gasteiger partial charge in [-0.1, -0.05) is 0 Å². The summed E-state index contributed by atoms with van der Waals surface area (Å²) in [7, 11) is 0. The van der Waals surface area contributed by atoms with Gasteiger partial charge in [-0.05, 0) is 37.1 Å². The SMILES string of the molecule is NC[C@H]1CC[C@@H](C(=O)Nc2ccc(-c3nccs3)cc2)O1. The molecular formula is C15H17N3O2S. The van der Waals surface area contributed by atoms with E-state index in [-0.39, 0.29) is 12.0 Å². The van der Waals surface area contributed by atoms with Crippen LogP contribution in [0.3, 0.4) is 0 Å². The molecule has 110 valence electrons. The highest BCUT2D eigenvalue weighted by Gasteiger charge is 2.29. The third-order valence-corrected chi connectivity index (χ3v) is 4.32. The molecule has 3 N–H and O–H groups in total. The predicted molar refractivity (Wildman–Crippen MR) is 83.1 cm³/mol. The summed E-state index contributed by atoms with van der Waals surface area (Å²) in [6.45, 7) is 0.465. The highest BCUT2D eigenvalue weighted by Crippen LogP contribution is 2.24. The maximum absolute atomic E-state index is 12.1. The molecule has 21 heavy (non-hydrogen) atoms. The minimum Gasteiger partial charge on any atom is -0.364 e. The molecular weight excluding hydrogens is 286 g/mol. The Labute approximate surface area is 127 Å². The summed E-state index contributed by atoms with van der Waals surface area (Å²) in [6, 6.07) is 7.66. The fraction of sp³-hybridized carbons (Fsp3) is 0.333. The van der Waals surface area contributed by atoms with Crippen LogP contribution in [0.15, 0.2) is 35.8 Å². The lowest BCUT2D eigenvalue weighted by atomic mass is 10.1. The van der Waals surface area contributed by atoms with Crippen molar-refractivity contribution in [2.45, 2.75) is 25.0 Å². The van der Waals surface area contributed by atoms with Crippen molar-refractivity contribution in [1.82, 2.24) is 4.98 Å². The van der Waals surface area contributed by atoms with Crippen molar-refractivity contribution in [1.29, 1.82) is 0 Å². The molecule has 0 bridgehead atoms. The van der Waals surface area contributed by atoms with E-state index in [1.807, 2.05) is 29.6 Å². The van der Waals surface area contributed by atoms with Crippen LogP contribution in [0.25, 0.3) is 10.6 Å². The van der Waals surface area contributed by atoms with Crippen LogP contribution in [0.2, 0.25) is 0 Å². The third kappa shape index (κ3) is 3.29. The number of rotatable bonds is 4. The van der Waals surface area contributed by atoms with E-state index in [0.717, 1.165) is 29.1 Å². The van der Waals surface area contributed by atoms with Gasteiger partial charge in [0.25, 0.3) is 5.91 Å². The van der Waals surface area contributed by atoms with E-state index in [1.165, 1.54) is 0 Å². The van der Waals surface area contributed by atoms with Crippen LogP contribution in [0.1, 0.15) is 12.8 Å². The van der Waals surface area contributed by atoms with E-state index in [9.17, 15) is 4.79 Å². The summed E-state index contributed by atoms with van der Waals surface area (Å²) < 4.78 is 5.58. The molecule has 0 spiro atoms. The fourth-order valence-electron chi connectivity index (χ4n) is 2.36. The number of thiazole rings is 1. The number of aromatic nitrogens is 1. The van der Waals surface area contributed by atoms with Gasteiger partial charge in [0.05, 0.1) is 6.10 Å². The first-order chi connectivity index (χ1) is 10.3. The highest BCUT2D eigenvalue weighted by atomic mass is 32.1. The van der Waals surface area contributed by atoms with E-state index in [0.29, 0.717) is 6.54 Å². The Kier molecular flexibility index (Phi) is 4.28. The Balaban J connectivity index is 1.62. The van der Waals surface area contributed by atoms with E-state index < -0.39 is 6.10 Å². The smallest absolute Gasteiger partial charge is 0.253 e. The number of amides is 1. The minimum absolute atomic E-state index is 0.00743. The number of hydrogen-bond donors (Lipinski definition) is 2. The van der Waals surface area contributed by atoms with Crippen molar-refractivity contribution < 1.29 is 9.53 Å². The molecule has 0 saturated carbocycles. The van der Waals surface area contributed by atoms with Crippen LogP contribution < -0.4 is 11.1 Å². The van der Waals surface area contributed by atoms with Gasteiger partial charge in [0.1, 0.15) is 11.1 Å². The Bertz CT molecular complexity index is 598. The fourth-order valence-corrected chi connectivity index (χ4v) is 3.00. The average molecular weight is 303 g/mol. The minimum atomic E-state index is -0.391. The molecule has 1 aromatic carbocycles. The first-order valence-electron chi connectivity index (χ1n) is 6.92. The number of carbonyl (C=O) groups is 1. The average Bonchev–Trinajstić information content (AvgIpc) is 3.19. The number of ether oxygens (including phenoxy) is 1. The lowest BCUT2D eigenvalue weighted by Gasteiger charge is -2.12. The number of nitrogens with zero attached hydrogens (tertiary/aromatic N) is 1. The molecule has 0 radical (unpaired) electrons. The molecule has 2 heterocycles. The van der Waals surface area contributed by atoms with E-state index in [4.69, 9.17) is 10.5 Å². The standard InChI is InChI=1S/C15H17N3O2S/c16-9-12-5-6-13(20-12)14(19)18-11-3-1-10(2-4-11)15-17-7-8-21-15/h1-4,7-8,12-13H,5-6,9,16H2,(H,18,19)/t12-,13+/m1/s1. The van der Waals surface area contributed by atoms with Crippen molar-refractivity contribution in [2.75, 3.05) is 11.9 Å². The van der Waals surface area contributed by atoms with Crippen molar-refractivity contribution >= 4 is 22.9 Å². The molecule has 5 nitrogen and oxygen atoms in total. The normalized spacial score (nSPS) is 21.4. The zero-order valence-electron chi connectivity index (χ0n) is 11.5. The van der Waals surface area contributed by atoms with Crippen LogP contribution in [-0.4, -0.2) is 29.6 Å². The number of nitrogens with one attached hydrogen (secondary N) is 1.